The van der Waals surface area contributed by atoms with Crippen LogP contribution in [0.2, 0.25) is 0 Å². The molecule has 0 aliphatic carbocycles. The number of rotatable bonds is 3. The maximum Gasteiger partial charge on any atom is 0.242 e. The van der Waals surface area contributed by atoms with Crippen molar-refractivity contribution in [2.75, 3.05) is 46.3 Å². The molecule has 1 saturated heterocycles. The van der Waals surface area contributed by atoms with Gasteiger partial charge in [0.05, 0.1) is 13.1 Å². The van der Waals surface area contributed by atoms with E-state index in [4.69, 9.17) is 5.73 Å². The highest BCUT2D eigenvalue weighted by molar-refractivity contribution is 5.85. The molecule has 2 amide bonds. The summed E-state index contributed by atoms with van der Waals surface area (Å²) >= 11 is 0. The van der Waals surface area contributed by atoms with Gasteiger partial charge in [-0.1, -0.05) is 0 Å². The summed E-state index contributed by atoms with van der Waals surface area (Å²) < 4.78 is 0. The first kappa shape index (κ1) is 12.9. The Balaban J connectivity index is 2.32. The lowest BCUT2D eigenvalue weighted by Gasteiger charge is -2.20. The molecule has 0 atom stereocenters. The summed E-state index contributed by atoms with van der Waals surface area (Å²) in [6, 6.07) is 0. The molecule has 1 aliphatic rings. The van der Waals surface area contributed by atoms with E-state index < -0.39 is 0 Å². The first-order valence-corrected chi connectivity index (χ1v) is 5.56. The minimum Gasteiger partial charge on any atom is -0.346 e. The molecule has 0 saturated carbocycles. The Hall–Kier alpha value is -1.14. The van der Waals surface area contributed by atoms with Crippen molar-refractivity contribution >= 4 is 11.8 Å². The van der Waals surface area contributed by atoms with E-state index >= 15 is 0 Å². The summed E-state index contributed by atoms with van der Waals surface area (Å²) in [5, 5.41) is 2.49. The van der Waals surface area contributed by atoms with E-state index in [1.165, 1.54) is 0 Å². The first-order valence-electron chi connectivity index (χ1n) is 5.56. The van der Waals surface area contributed by atoms with E-state index in [9.17, 15) is 9.59 Å². The quantitative estimate of drug-likeness (QED) is 0.599. The topological polar surface area (TPSA) is 78.7 Å². The van der Waals surface area contributed by atoms with Crippen LogP contribution in [0.4, 0.5) is 0 Å². The van der Waals surface area contributed by atoms with Crippen LogP contribution in [0.15, 0.2) is 0 Å². The van der Waals surface area contributed by atoms with Gasteiger partial charge in [0.2, 0.25) is 11.8 Å². The third-order valence-electron chi connectivity index (χ3n) is 2.69. The summed E-state index contributed by atoms with van der Waals surface area (Å²) in [7, 11) is 2.05. The van der Waals surface area contributed by atoms with Crippen LogP contribution in [0, 0.1) is 0 Å². The van der Waals surface area contributed by atoms with Gasteiger partial charge in [0.1, 0.15) is 0 Å². The molecule has 6 heteroatoms. The average Bonchev–Trinajstić information content (AvgIpc) is 2.50. The minimum atomic E-state index is -0.291. The predicted molar refractivity (Wildman–Crippen MR) is 60.8 cm³/mol. The van der Waals surface area contributed by atoms with E-state index in [1.807, 2.05) is 7.05 Å². The Bertz CT molecular complexity index is 257. The molecule has 92 valence electrons. The number of nitrogens with two attached hydrogens (primary N) is 1. The van der Waals surface area contributed by atoms with E-state index in [0.717, 1.165) is 32.6 Å². The molecule has 1 rings (SSSR count). The molecule has 0 bridgehead atoms. The Kier molecular flexibility index (Phi) is 5.21. The number of amides is 2. The van der Waals surface area contributed by atoms with Gasteiger partial charge in [-0.3, -0.25) is 9.59 Å². The third-order valence-corrected chi connectivity index (χ3v) is 2.69. The SMILES string of the molecule is CN1CCCN(C(=O)CNC(=O)CN)CC1. The molecular weight excluding hydrogens is 208 g/mol. The van der Waals surface area contributed by atoms with E-state index in [-0.39, 0.29) is 24.9 Å². The second kappa shape index (κ2) is 6.44. The fraction of sp³-hybridized carbons (Fsp3) is 0.800. The molecule has 16 heavy (non-hydrogen) atoms. The Morgan fingerprint density at radius 1 is 1.25 bits per heavy atom. The number of carbonyl (C=O) groups excluding carboxylic acids is 2. The summed E-state index contributed by atoms with van der Waals surface area (Å²) in [5.74, 6) is -0.322. The normalized spacial score (nSPS) is 18.0. The van der Waals surface area contributed by atoms with Gasteiger partial charge >= 0.3 is 0 Å². The standard InChI is InChI=1S/C10H20N4O2/c1-13-3-2-4-14(6-5-13)10(16)8-12-9(15)7-11/h2-8,11H2,1H3,(H,12,15). The number of likely N-dealkylation sites (N-methyl/N-ethyl adjacent to an activating group) is 1. The number of hydrogen-bond donors (Lipinski definition) is 2. The lowest BCUT2D eigenvalue weighted by Crippen LogP contribution is -2.43. The van der Waals surface area contributed by atoms with Crippen LogP contribution in [0.5, 0.6) is 0 Å². The number of nitrogens with one attached hydrogen (secondary N) is 1. The van der Waals surface area contributed by atoms with Crippen molar-refractivity contribution < 1.29 is 9.59 Å². The zero-order valence-corrected chi connectivity index (χ0v) is 9.74. The maximum absolute atomic E-state index is 11.7. The Labute approximate surface area is 95.8 Å². The van der Waals surface area contributed by atoms with Crippen LogP contribution in [0.25, 0.3) is 0 Å². The smallest absolute Gasteiger partial charge is 0.242 e. The lowest BCUT2D eigenvalue weighted by molar-refractivity contribution is -0.132. The fourth-order valence-electron chi connectivity index (χ4n) is 1.65. The van der Waals surface area contributed by atoms with E-state index in [1.54, 1.807) is 4.90 Å². The second-order valence-corrected chi connectivity index (χ2v) is 4.02. The maximum atomic E-state index is 11.7. The molecule has 6 nitrogen and oxygen atoms in total. The minimum absolute atomic E-state index is 0.0305. The van der Waals surface area contributed by atoms with Crippen molar-refractivity contribution in [1.29, 1.82) is 0 Å². The fourth-order valence-corrected chi connectivity index (χ4v) is 1.65. The zero-order chi connectivity index (χ0) is 12.0. The van der Waals surface area contributed by atoms with Gasteiger partial charge in [-0.2, -0.15) is 0 Å². The van der Waals surface area contributed by atoms with Crippen molar-refractivity contribution in [3.05, 3.63) is 0 Å². The van der Waals surface area contributed by atoms with Gasteiger partial charge in [-0.25, -0.2) is 0 Å². The van der Waals surface area contributed by atoms with Crippen LogP contribution < -0.4 is 11.1 Å². The molecule has 0 radical (unpaired) electrons. The molecule has 3 N–H and O–H groups in total. The molecule has 1 heterocycles. The highest BCUT2D eigenvalue weighted by atomic mass is 16.2. The molecule has 0 unspecified atom stereocenters. The summed E-state index contributed by atoms with van der Waals surface area (Å²) in [6.45, 7) is 3.38. The largest absolute Gasteiger partial charge is 0.346 e. The van der Waals surface area contributed by atoms with Gasteiger partial charge < -0.3 is 20.9 Å². The van der Waals surface area contributed by atoms with Crippen molar-refractivity contribution in [3.8, 4) is 0 Å². The van der Waals surface area contributed by atoms with Crippen LogP contribution in [0.3, 0.4) is 0 Å². The van der Waals surface area contributed by atoms with Crippen LogP contribution in [-0.4, -0.2) is 67.9 Å². The summed E-state index contributed by atoms with van der Waals surface area (Å²) in [6.07, 6.45) is 0.979. The molecule has 0 spiro atoms. The van der Waals surface area contributed by atoms with Crippen molar-refractivity contribution in [2.24, 2.45) is 5.73 Å². The highest BCUT2D eigenvalue weighted by Gasteiger charge is 2.17. The molecule has 1 aliphatic heterocycles. The number of carbonyl (C=O) groups is 2. The average molecular weight is 228 g/mol. The molecule has 0 aromatic carbocycles. The van der Waals surface area contributed by atoms with Crippen LogP contribution in [-0.2, 0) is 9.59 Å². The van der Waals surface area contributed by atoms with E-state index in [0.29, 0.717) is 0 Å². The van der Waals surface area contributed by atoms with E-state index in [2.05, 4.69) is 10.2 Å². The van der Waals surface area contributed by atoms with Gasteiger partial charge in [0, 0.05) is 19.6 Å². The third kappa shape index (κ3) is 4.16. The lowest BCUT2D eigenvalue weighted by atomic mass is 10.3. The van der Waals surface area contributed by atoms with Gasteiger partial charge in [0.25, 0.3) is 0 Å². The molecule has 0 aromatic heterocycles. The monoisotopic (exact) mass is 228 g/mol. The highest BCUT2D eigenvalue weighted by Crippen LogP contribution is 2.00. The van der Waals surface area contributed by atoms with Gasteiger partial charge in [0.15, 0.2) is 0 Å². The Morgan fingerprint density at radius 2 is 2.00 bits per heavy atom. The molecule has 1 fully saturated rings. The van der Waals surface area contributed by atoms with Crippen LogP contribution in [0.1, 0.15) is 6.42 Å². The van der Waals surface area contributed by atoms with Gasteiger partial charge in [-0.05, 0) is 20.0 Å². The predicted octanol–water partition coefficient (Wildman–Crippen LogP) is -1.77. The Morgan fingerprint density at radius 3 is 2.69 bits per heavy atom. The number of nitrogens with zero attached hydrogens (tertiary/aromatic N) is 2. The van der Waals surface area contributed by atoms with Crippen molar-refractivity contribution in [1.82, 2.24) is 15.1 Å². The van der Waals surface area contributed by atoms with Gasteiger partial charge in [-0.15, -0.1) is 0 Å². The second-order valence-electron chi connectivity index (χ2n) is 4.02. The number of hydrogen-bond acceptors (Lipinski definition) is 4. The molecular formula is C10H20N4O2. The summed E-state index contributed by atoms with van der Waals surface area (Å²) in [4.78, 5) is 26.6. The zero-order valence-electron chi connectivity index (χ0n) is 9.74. The van der Waals surface area contributed by atoms with Crippen molar-refractivity contribution in [3.63, 3.8) is 0 Å². The summed E-state index contributed by atoms with van der Waals surface area (Å²) in [5.41, 5.74) is 5.14. The molecule has 0 aromatic rings. The van der Waals surface area contributed by atoms with Crippen LogP contribution >= 0.6 is 0 Å². The van der Waals surface area contributed by atoms with Crippen molar-refractivity contribution in [2.45, 2.75) is 6.42 Å². The first-order chi connectivity index (χ1) is 7.63.